The topological polar surface area (TPSA) is 57.9 Å². The Bertz CT molecular complexity index is 1250. The van der Waals surface area contributed by atoms with Gasteiger partial charge in [0, 0.05) is 43.4 Å². The summed E-state index contributed by atoms with van der Waals surface area (Å²) in [7, 11) is 0. The first-order valence-corrected chi connectivity index (χ1v) is 11.6. The number of carbonyl (C=O) groups is 1. The largest absolute Gasteiger partial charge is 0.336 e. The van der Waals surface area contributed by atoms with Crippen molar-refractivity contribution in [1.82, 2.24) is 19.2 Å². The lowest BCUT2D eigenvalue weighted by Gasteiger charge is -2.39. The maximum absolute atomic E-state index is 13.2. The molecule has 0 atom stereocenters. The lowest BCUT2D eigenvalue weighted by molar-refractivity contribution is 0.0595. The Balaban J connectivity index is 1.37. The van der Waals surface area contributed by atoms with Crippen LogP contribution in [0.25, 0.3) is 4.96 Å². The van der Waals surface area contributed by atoms with Gasteiger partial charge in [0.25, 0.3) is 11.5 Å². The predicted molar refractivity (Wildman–Crippen MR) is 126 cm³/mol. The van der Waals surface area contributed by atoms with E-state index in [-0.39, 0.29) is 23.1 Å². The zero-order valence-corrected chi connectivity index (χ0v) is 18.7. The predicted octanol–water partition coefficient (Wildman–Crippen LogP) is 3.61. The van der Waals surface area contributed by atoms with Crippen molar-refractivity contribution >= 4 is 22.2 Å². The molecule has 162 valence electrons. The average Bonchev–Trinajstić information content (AvgIpc) is 3.22. The standard InChI is InChI=1S/C25H24N4O2S/c1-18-17-32-25-26-16-21(24(31)29(18)25)23(30)28-14-12-27(13-15-28)22(19-8-4-2-5-9-19)20-10-6-3-7-11-20/h2-11,16-17,22H,12-15H2,1H3. The summed E-state index contributed by atoms with van der Waals surface area (Å²) in [6, 6.07) is 21.1. The first kappa shape index (κ1) is 20.6. The van der Waals surface area contributed by atoms with Crippen molar-refractivity contribution in [2.45, 2.75) is 13.0 Å². The van der Waals surface area contributed by atoms with Gasteiger partial charge >= 0.3 is 0 Å². The van der Waals surface area contributed by atoms with E-state index in [0.717, 1.165) is 18.8 Å². The molecule has 4 aromatic rings. The molecule has 32 heavy (non-hydrogen) atoms. The van der Waals surface area contributed by atoms with Crippen LogP contribution in [0.3, 0.4) is 0 Å². The van der Waals surface area contributed by atoms with E-state index in [2.05, 4.69) is 58.4 Å². The maximum atomic E-state index is 13.2. The molecule has 0 unspecified atom stereocenters. The van der Waals surface area contributed by atoms with Crippen molar-refractivity contribution in [2.75, 3.05) is 26.2 Å². The fourth-order valence-corrected chi connectivity index (χ4v) is 5.24. The summed E-state index contributed by atoms with van der Waals surface area (Å²) in [6.45, 7) is 4.45. The first-order chi connectivity index (χ1) is 15.6. The molecule has 2 aromatic heterocycles. The average molecular weight is 445 g/mol. The summed E-state index contributed by atoms with van der Waals surface area (Å²) in [6.07, 6.45) is 1.43. The van der Waals surface area contributed by atoms with E-state index in [9.17, 15) is 9.59 Å². The minimum Gasteiger partial charge on any atom is -0.336 e. The Morgan fingerprint density at radius 3 is 2.12 bits per heavy atom. The number of rotatable bonds is 4. The molecular formula is C25H24N4O2S. The third kappa shape index (κ3) is 3.74. The van der Waals surface area contributed by atoms with Crippen LogP contribution in [-0.2, 0) is 0 Å². The van der Waals surface area contributed by atoms with Crippen molar-refractivity contribution in [2.24, 2.45) is 0 Å². The molecule has 3 heterocycles. The van der Waals surface area contributed by atoms with Gasteiger partial charge in [-0.05, 0) is 18.1 Å². The molecule has 6 nitrogen and oxygen atoms in total. The summed E-state index contributed by atoms with van der Waals surface area (Å²) in [5.74, 6) is -0.238. The smallest absolute Gasteiger partial charge is 0.271 e. The number of carbonyl (C=O) groups excluding carboxylic acids is 1. The molecule has 0 saturated carbocycles. The Morgan fingerprint density at radius 2 is 1.53 bits per heavy atom. The van der Waals surface area contributed by atoms with Crippen LogP contribution in [0, 0.1) is 6.92 Å². The van der Waals surface area contributed by atoms with E-state index in [1.165, 1.54) is 33.1 Å². The second kappa shape index (κ2) is 8.68. The van der Waals surface area contributed by atoms with E-state index in [0.29, 0.717) is 18.1 Å². The number of hydrogen-bond donors (Lipinski definition) is 0. The SMILES string of the molecule is Cc1csc2ncc(C(=O)N3CCN(C(c4ccccc4)c4ccccc4)CC3)c(=O)n12. The van der Waals surface area contributed by atoms with E-state index in [4.69, 9.17) is 0 Å². The van der Waals surface area contributed by atoms with Crippen molar-refractivity contribution in [3.8, 4) is 0 Å². The molecule has 1 saturated heterocycles. The van der Waals surface area contributed by atoms with Crippen LogP contribution in [0.5, 0.6) is 0 Å². The summed E-state index contributed by atoms with van der Waals surface area (Å²) < 4.78 is 1.52. The van der Waals surface area contributed by atoms with Gasteiger partial charge in [0.2, 0.25) is 0 Å². The van der Waals surface area contributed by atoms with Gasteiger partial charge in [-0.3, -0.25) is 18.9 Å². The van der Waals surface area contributed by atoms with Crippen LogP contribution in [0.1, 0.15) is 33.2 Å². The van der Waals surface area contributed by atoms with E-state index >= 15 is 0 Å². The van der Waals surface area contributed by atoms with Gasteiger partial charge in [0.1, 0.15) is 5.56 Å². The van der Waals surface area contributed by atoms with Gasteiger partial charge in [-0.25, -0.2) is 4.98 Å². The Labute approximate surface area is 190 Å². The Hall–Kier alpha value is -3.29. The zero-order valence-electron chi connectivity index (χ0n) is 17.8. The highest BCUT2D eigenvalue weighted by Gasteiger charge is 2.29. The molecule has 1 aliphatic heterocycles. The number of aryl methyl sites for hydroxylation is 1. The molecule has 1 fully saturated rings. The van der Waals surface area contributed by atoms with Crippen molar-refractivity contribution < 1.29 is 4.79 Å². The number of nitrogens with zero attached hydrogens (tertiary/aromatic N) is 4. The molecule has 7 heteroatoms. The molecule has 0 spiro atoms. The van der Waals surface area contributed by atoms with Crippen molar-refractivity contribution in [3.05, 3.63) is 105 Å². The van der Waals surface area contributed by atoms with Gasteiger partial charge in [-0.1, -0.05) is 60.7 Å². The lowest BCUT2D eigenvalue weighted by atomic mass is 9.96. The van der Waals surface area contributed by atoms with E-state index in [1.54, 1.807) is 4.90 Å². The Morgan fingerprint density at radius 1 is 0.938 bits per heavy atom. The van der Waals surface area contributed by atoms with E-state index in [1.807, 2.05) is 24.4 Å². The summed E-state index contributed by atoms with van der Waals surface area (Å²) >= 11 is 1.40. The molecule has 0 N–H and O–H groups in total. The molecule has 1 amide bonds. The highest BCUT2D eigenvalue weighted by molar-refractivity contribution is 7.15. The van der Waals surface area contributed by atoms with Crippen LogP contribution >= 0.6 is 11.3 Å². The van der Waals surface area contributed by atoms with E-state index < -0.39 is 0 Å². The maximum Gasteiger partial charge on any atom is 0.271 e. The number of thiazole rings is 1. The van der Waals surface area contributed by atoms with Gasteiger partial charge in [-0.2, -0.15) is 0 Å². The quantitative estimate of drug-likeness (QED) is 0.483. The molecule has 2 aromatic carbocycles. The molecule has 0 radical (unpaired) electrons. The molecular weight excluding hydrogens is 420 g/mol. The Kier molecular flexibility index (Phi) is 5.59. The molecule has 0 bridgehead atoms. The highest BCUT2D eigenvalue weighted by Crippen LogP contribution is 2.29. The number of fused-ring (bicyclic) bond motifs is 1. The number of amides is 1. The second-order valence-corrected chi connectivity index (χ2v) is 8.86. The first-order valence-electron chi connectivity index (χ1n) is 10.7. The lowest BCUT2D eigenvalue weighted by Crippen LogP contribution is -2.50. The van der Waals surface area contributed by atoms with Crippen LogP contribution in [-0.4, -0.2) is 51.3 Å². The van der Waals surface area contributed by atoms with Crippen molar-refractivity contribution in [1.29, 1.82) is 0 Å². The second-order valence-electron chi connectivity index (χ2n) is 8.02. The third-order valence-corrected chi connectivity index (χ3v) is 7.00. The van der Waals surface area contributed by atoms with Crippen LogP contribution < -0.4 is 5.56 Å². The number of aromatic nitrogens is 2. The van der Waals surface area contributed by atoms with Gasteiger partial charge in [0.15, 0.2) is 4.96 Å². The fraction of sp³-hybridized carbons (Fsp3) is 0.240. The minimum atomic E-state index is -0.285. The van der Waals surface area contributed by atoms with Crippen LogP contribution in [0.4, 0.5) is 0 Å². The molecule has 0 aliphatic carbocycles. The third-order valence-electron chi connectivity index (χ3n) is 6.04. The van der Waals surface area contributed by atoms with Crippen LogP contribution in [0.2, 0.25) is 0 Å². The highest BCUT2D eigenvalue weighted by atomic mass is 32.1. The zero-order chi connectivity index (χ0) is 22.1. The molecule has 5 rings (SSSR count). The monoisotopic (exact) mass is 444 g/mol. The number of piperazine rings is 1. The van der Waals surface area contributed by atoms with Gasteiger partial charge in [0.05, 0.1) is 6.04 Å². The fourth-order valence-electron chi connectivity index (χ4n) is 4.41. The number of benzene rings is 2. The minimum absolute atomic E-state index is 0.131. The van der Waals surface area contributed by atoms with Crippen LogP contribution in [0.15, 0.2) is 77.0 Å². The normalized spacial score (nSPS) is 14.9. The van der Waals surface area contributed by atoms with Gasteiger partial charge < -0.3 is 4.90 Å². The summed E-state index contributed by atoms with van der Waals surface area (Å²) in [4.78, 5) is 35.2. The van der Waals surface area contributed by atoms with Gasteiger partial charge in [-0.15, -0.1) is 11.3 Å². The number of hydrogen-bond acceptors (Lipinski definition) is 5. The van der Waals surface area contributed by atoms with Crippen molar-refractivity contribution in [3.63, 3.8) is 0 Å². The summed E-state index contributed by atoms with van der Waals surface area (Å²) in [5.41, 5.74) is 3.13. The molecule has 1 aliphatic rings. The summed E-state index contributed by atoms with van der Waals surface area (Å²) in [5, 5.41) is 1.88.